The number of guanidine groups is 1. The maximum Gasteiger partial charge on any atom is 0.319 e. The van der Waals surface area contributed by atoms with Crippen LogP contribution >= 0.6 is 0 Å². The van der Waals surface area contributed by atoms with Crippen LogP contribution in [0.1, 0.15) is 13.3 Å². The lowest BCUT2D eigenvalue weighted by atomic mass is 10.3. The van der Waals surface area contributed by atoms with Gasteiger partial charge in [0, 0.05) is 31.1 Å². The number of anilines is 1. The van der Waals surface area contributed by atoms with Crippen molar-refractivity contribution in [1.29, 1.82) is 0 Å². The molecule has 0 saturated heterocycles. The third kappa shape index (κ3) is 7.45. The van der Waals surface area contributed by atoms with Crippen molar-refractivity contribution >= 4 is 33.2 Å². The number of sulfonamides is 1. The number of rotatable bonds is 11. The number of ether oxygens (including phenoxy) is 1. The number of nitrogens with two attached hydrogens (primary N) is 2. The molecule has 36 heavy (non-hydrogen) atoms. The summed E-state index contributed by atoms with van der Waals surface area (Å²) in [4.78, 5) is 29.2. The summed E-state index contributed by atoms with van der Waals surface area (Å²) in [6, 6.07) is 13.3. The molecule has 0 bridgehead atoms. The molecule has 0 aliphatic rings. The predicted molar refractivity (Wildman–Crippen MR) is 138 cm³/mol. The SMILES string of the molecule is C[C@H](CNC(=O)Nc1ccc2ccc(OCCCN=C(N)N)cn2c1=O)NS(=O)(=O)c1ccccc1. The number of nitrogens with one attached hydrogen (secondary N) is 3. The van der Waals surface area contributed by atoms with Gasteiger partial charge in [0.2, 0.25) is 10.0 Å². The van der Waals surface area contributed by atoms with Crippen molar-refractivity contribution in [1.82, 2.24) is 14.4 Å². The van der Waals surface area contributed by atoms with Gasteiger partial charge in [-0.15, -0.1) is 0 Å². The molecule has 0 unspecified atom stereocenters. The third-order valence-corrected chi connectivity index (χ3v) is 6.52. The van der Waals surface area contributed by atoms with Crippen molar-refractivity contribution in [2.75, 3.05) is 25.0 Å². The second kappa shape index (κ2) is 12.0. The quantitative estimate of drug-likeness (QED) is 0.142. The van der Waals surface area contributed by atoms with E-state index in [1.165, 1.54) is 28.8 Å². The maximum absolute atomic E-state index is 12.9. The van der Waals surface area contributed by atoms with E-state index in [9.17, 15) is 18.0 Å². The van der Waals surface area contributed by atoms with Crippen molar-refractivity contribution in [2.24, 2.45) is 16.5 Å². The van der Waals surface area contributed by atoms with Crippen LogP contribution in [0.3, 0.4) is 0 Å². The minimum absolute atomic E-state index is 0.00461. The summed E-state index contributed by atoms with van der Waals surface area (Å²) < 4.78 is 34.3. The van der Waals surface area contributed by atoms with Crippen LogP contribution in [0.4, 0.5) is 10.5 Å². The van der Waals surface area contributed by atoms with Gasteiger partial charge in [-0.2, -0.15) is 0 Å². The number of urea groups is 1. The molecule has 192 valence electrons. The van der Waals surface area contributed by atoms with Crippen LogP contribution in [0, 0.1) is 0 Å². The normalized spacial score (nSPS) is 12.0. The Morgan fingerprint density at radius 2 is 1.83 bits per heavy atom. The molecular formula is C23H29N7O5S. The third-order valence-electron chi connectivity index (χ3n) is 4.92. The molecule has 3 rings (SSSR count). The summed E-state index contributed by atoms with van der Waals surface area (Å²) >= 11 is 0. The van der Waals surface area contributed by atoms with Crippen molar-refractivity contribution in [3.8, 4) is 5.75 Å². The highest BCUT2D eigenvalue weighted by Crippen LogP contribution is 2.14. The van der Waals surface area contributed by atoms with Crippen LogP contribution in [0.25, 0.3) is 5.52 Å². The standard InChI is InChI=1S/C23H29N7O5S/c1-16(29-36(33,34)19-6-3-2-4-7-19)14-27-23(32)28-20-11-9-17-8-10-18(15-30(17)21(20)31)35-13-5-12-26-22(24)25/h2-4,6-11,15-16,29H,5,12-14H2,1H3,(H4,24,25,26)(H2,27,28,32)/t16-/m1/s1. The van der Waals surface area contributed by atoms with E-state index < -0.39 is 27.7 Å². The zero-order chi connectivity index (χ0) is 26.1. The first-order valence-corrected chi connectivity index (χ1v) is 12.6. The van der Waals surface area contributed by atoms with Gasteiger partial charge in [0.05, 0.1) is 17.7 Å². The Hall–Kier alpha value is -4.10. The molecule has 0 aliphatic carbocycles. The fourth-order valence-corrected chi connectivity index (χ4v) is 4.47. The molecule has 0 spiro atoms. The van der Waals surface area contributed by atoms with E-state index >= 15 is 0 Å². The molecule has 0 aliphatic heterocycles. The van der Waals surface area contributed by atoms with Gasteiger partial charge in [-0.05, 0) is 43.3 Å². The fourth-order valence-electron chi connectivity index (χ4n) is 3.20. The van der Waals surface area contributed by atoms with Gasteiger partial charge < -0.3 is 26.8 Å². The molecule has 12 nitrogen and oxygen atoms in total. The summed E-state index contributed by atoms with van der Waals surface area (Å²) in [6.07, 6.45) is 2.12. The summed E-state index contributed by atoms with van der Waals surface area (Å²) in [5, 5.41) is 5.06. The van der Waals surface area contributed by atoms with Crippen LogP contribution in [0.15, 0.2) is 75.5 Å². The first-order valence-electron chi connectivity index (χ1n) is 11.1. The Morgan fingerprint density at radius 1 is 1.11 bits per heavy atom. The molecule has 2 heterocycles. The molecule has 13 heteroatoms. The number of aliphatic imine (C=N–C) groups is 1. The van der Waals surface area contributed by atoms with E-state index in [1.807, 2.05) is 0 Å². The molecule has 2 aromatic heterocycles. The van der Waals surface area contributed by atoms with Gasteiger partial charge in [0.25, 0.3) is 5.56 Å². The average Bonchev–Trinajstić information content (AvgIpc) is 2.84. The van der Waals surface area contributed by atoms with Gasteiger partial charge in [0.1, 0.15) is 11.4 Å². The molecule has 0 fully saturated rings. The molecule has 0 radical (unpaired) electrons. The Bertz CT molecular complexity index is 1390. The van der Waals surface area contributed by atoms with Crippen molar-refractivity contribution in [3.63, 3.8) is 0 Å². The number of nitrogens with zero attached hydrogens (tertiary/aromatic N) is 2. The number of aromatic nitrogens is 1. The zero-order valence-electron chi connectivity index (χ0n) is 19.7. The summed E-state index contributed by atoms with van der Waals surface area (Å²) in [7, 11) is -3.72. The molecule has 2 amide bonds. The summed E-state index contributed by atoms with van der Waals surface area (Å²) in [6.45, 7) is 2.39. The van der Waals surface area contributed by atoms with Gasteiger partial charge >= 0.3 is 6.03 Å². The number of hydrogen-bond donors (Lipinski definition) is 5. The minimum atomic E-state index is -3.72. The second-order valence-electron chi connectivity index (χ2n) is 7.89. The molecule has 1 atom stereocenters. The predicted octanol–water partition coefficient (Wildman–Crippen LogP) is 0.830. The smallest absolute Gasteiger partial charge is 0.319 e. The van der Waals surface area contributed by atoms with Gasteiger partial charge in [0.15, 0.2) is 5.96 Å². The van der Waals surface area contributed by atoms with Gasteiger partial charge in [-0.3, -0.25) is 14.2 Å². The van der Waals surface area contributed by atoms with E-state index in [0.29, 0.717) is 30.8 Å². The molecular weight excluding hydrogens is 486 g/mol. The molecule has 3 aromatic rings. The van der Waals surface area contributed by atoms with E-state index in [4.69, 9.17) is 16.2 Å². The van der Waals surface area contributed by atoms with E-state index in [0.717, 1.165) is 0 Å². The minimum Gasteiger partial charge on any atom is -0.492 e. The summed E-state index contributed by atoms with van der Waals surface area (Å²) in [5.74, 6) is 0.481. The Morgan fingerprint density at radius 3 is 2.56 bits per heavy atom. The van der Waals surface area contributed by atoms with Gasteiger partial charge in [-0.1, -0.05) is 18.2 Å². The van der Waals surface area contributed by atoms with Gasteiger partial charge in [-0.25, -0.2) is 17.9 Å². The van der Waals surface area contributed by atoms with Crippen molar-refractivity contribution < 1.29 is 17.9 Å². The van der Waals surface area contributed by atoms with Crippen LogP contribution < -0.4 is 37.1 Å². The van der Waals surface area contributed by atoms with Crippen LogP contribution in [0.2, 0.25) is 0 Å². The second-order valence-corrected chi connectivity index (χ2v) is 9.60. The molecule has 0 saturated carbocycles. The summed E-state index contributed by atoms with van der Waals surface area (Å²) in [5.41, 5.74) is 10.8. The van der Waals surface area contributed by atoms with Crippen LogP contribution in [-0.4, -0.2) is 50.5 Å². The fraction of sp³-hybridized carbons (Fsp3) is 0.261. The lowest BCUT2D eigenvalue weighted by molar-refractivity contribution is 0.251. The Balaban J connectivity index is 1.57. The number of pyridine rings is 2. The Labute approximate surface area is 208 Å². The first kappa shape index (κ1) is 26.5. The van der Waals surface area contributed by atoms with E-state index in [2.05, 4.69) is 20.3 Å². The van der Waals surface area contributed by atoms with E-state index in [-0.39, 0.29) is 23.1 Å². The number of amides is 2. The molecule has 7 N–H and O–H groups in total. The largest absolute Gasteiger partial charge is 0.492 e. The Kier molecular flexibility index (Phi) is 8.86. The number of benzene rings is 1. The highest BCUT2D eigenvalue weighted by molar-refractivity contribution is 7.89. The number of hydrogen-bond acceptors (Lipinski definition) is 6. The lowest BCUT2D eigenvalue weighted by Crippen LogP contribution is -2.43. The number of carbonyl (C=O) groups is 1. The number of carbonyl (C=O) groups excluding carboxylic acids is 1. The molecule has 1 aromatic carbocycles. The monoisotopic (exact) mass is 515 g/mol. The zero-order valence-corrected chi connectivity index (χ0v) is 20.5. The maximum atomic E-state index is 12.9. The van der Waals surface area contributed by atoms with Crippen molar-refractivity contribution in [2.45, 2.75) is 24.3 Å². The van der Waals surface area contributed by atoms with Crippen LogP contribution in [-0.2, 0) is 10.0 Å². The van der Waals surface area contributed by atoms with Crippen LogP contribution in [0.5, 0.6) is 5.75 Å². The topological polar surface area (TPSA) is 182 Å². The van der Waals surface area contributed by atoms with Crippen molar-refractivity contribution in [3.05, 3.63) is 71.1 Å². The average molecular weight is 516 g/mol. The lowest BCUT2D eigenvalue weighted by Gasteiger charge is -2.15. The van der Waals surface area contributed by atoms with E-state index in [1.54, 1.807) is 43.3 Å². The highest BCUT2D eigenvalue weighted by Gasteiger charge is 2.17. The number of fused-ring (bicyclic) bond motifs is 1. The first-order chi connectivity index (χ1) is 17.2. The highest BCUT2D eigenvalue weighted by atomic mass is 32.2.